The fourth-order valence-corrected chi connectivity index (χ4v) is 9.34. The lowest BCUT2D eigenvalue weighted by Gasteiger charge is -2.12. The molecular weight excluding hydrogens is 641 g/mol. The SMILES string of the molecule is CCc1cc(-c2c3nsnc3c(-c3cc(CC)c(C(C)C)s3)c3nc4c(nc23)C(=O)c2c(F)c(F)c(F)c(F)c2-4)sc1C(C)C. The molecule has 0 unspecified atom stereocenters. The molecule has 0 fully saturated rings. The number of hydrogen-bond acceptors (Lipinski definition) is 8. The van der Waals surface area contributed by atoms with E-state index < -0.39 is 40.2 Å². The molecule has 230 valence electrons. The standard InChI is InChI=1S/C33H26F4N4OS3/c1-7-13-9-15(43-32(13)11(3)4)17-25-26(18(29-28(17)40-45-41-29)16-10-14(8-2)33(44-16)12(5)6)39-30-27(38-25)19-20(31(30)42)22(35)24(37)23(36)21(19)34/h9-12H,7-8H2,1-6H3. The van der Waals surface area contributed by atoms with Crippen LogP contribution in [0.15, 0.2) is 12.1 Å². The van der Waals surface area contributed by atoms with Crippen molar-refractivity contribution in [2.45, 2.75) is 66.2 Å². The molecule has 0 radical (unpaired) electrons. The molecule has 0 N–H and O–H groups in total. The highest BCUT2D eigenvalue weighted by Crippen LogP contribution is 2.49. The molecule has 4 heterocycles. The van der Waals surface area contributed by atoms with E-state index in [1.54, 1.807) is 22.7 Å². The third-order valence-electron chi connectivity index (χ3n) is 8.26. The van der Waals surface area contributed by atoms with Gasteiger partial charge in [-0.05, 0) is 47.9 Å². The van der Waals surface area contributed by atoms with Gasteiger partial charge in [-0.2, -0.15) is 8.75 Å². The number of hydrogen-bond donors (Lipinski definition) is 0. The van der Waals surface area contributed by atoms with Crippen molar-refractivity contribution in [2.24, 2.45) is 0 Å². The van der Waals surface area contributed by atoms with Gasteiger partial charge in [0.15, 0.2) is 23.3 Å². The first kappa shape index (κ1) is 30.1. The molecular formula is C33H26F4N4OS3. The second kappa shape index (κ2) is 10.7. The molecule has 7 rings (SSSR count). The maximum Gasteiger partial charge on any atom is 0.217 e. The second-order valence-corrected chi connectivity index (χ2v) is 14.4. The average molecular weight is 667 g/mol. The van der Waals surface area contributed by atoms with Gasteiger partial charge >= 0.3 is 0 Å². The van der Waals surface area contributed by atoms with Gasteiger partial charge in [0.1, 0.15) is 33.5 Å². The minimum atomic E-state index is -2.05. The van der Waals surface area contributed by atoms with Crippen LogP contribution in [0.25, 0.3) is 54.2 Å². The highest BCUT2D eigenvalue weighted by Gasteiger charge is 2.41. The summed E-state index contributed by atoms with van der Waals surface area (Å²) in [6.07, 6.45) is 1.60. The van der Waals surface area contributed by atoms with Crippen molar-refractivity contribution in [3.05, 3.63) is 67.5 Å². The molecule has 1 aliphatic rings. The minimum absolute atomic E-state index is 0.246. The monoisotopic (exact) mass is 666 g/mol. The van der Waals surface area contributed by atoms with Crippen LogP contribution in [-0.4, -0.2) is 24.5 Å². The molecule has 0 saturated carbocycles. The van der Waals surface area contributed by atoms with Gasteiger partial charge in [-0.1, -0.05) is 41.5 Å². The summed E-state index contributed by atoms with van der Waals surface area (Å²) >= 11 is 4.21. The molecule has 0 spiro atoms. The molecule has 0 saturated heterocycles. The largest absolute Gasteiger partial charge is 0.287 e. The van der Waals surface area contributed by atoms with E-state index in [-0.39, 0.29) is 23.2 Å². The molecule has 4 aromatic heterocycles. The van der Waals surface area contributed by atoms with Crippen LogP contribution in [0.4, 0.5) is 17.6 Å². The fourth-order valence-electron chi connectivity index (χ4n) is 6.17. The highest BCUT2D eigenvalue weighted by molar-refractivity contribution is 7.16. The third kappa shape index (κ3) is 4.25. The number of carbonyl (C=O) groups is 1. The predicted octanol–water partition coefficient (Wildman–Crippen LogP) is 10.2. The third-order valence-corrected chi connectivity index (χ3v) is 11.8. The molecule has 0 bridgehead atoms. The Kier molecular flexibility index (Phi) is 7.18. The Hall–Kier alpha value is -3.61. The number of halogens is 4. The summed E-state index contributed by atoms with van der Waals surface area (Å²) in [5.74, 6) is -8.05. The highest BCUT2D eigenvalue weighted by atomic mass is 32.1. The first-order valence-electron chi connectivity index (χ1n) is 14.6. The van der Waals surface area contributed by atoms with E-state index in [0.29, 0.717) is 33.2 Å². The zero-order valence-electron chi connectivity index (χ0n) is 25.2. The van der Waals surface area contributed by atoms with E-state index in [0.717, 1.165) is 39.9 Å². The van der Waals surface area contributed by atoms with Crippen molar-refractivity contribution in [1.29, 1.82) is 0 Å². The number of ketones is 1. The van der Waals surface area contributed by atoms with Gasteiger partial charge in [-0.25, -0.2) is 27.5 Å². The molecule has 0 aliphatic heterocycles. The molecule has 2 aromatic carbocycles. The van der Waals surface area contributed by atoms with Crippen LogP contribution in [0.1, 0.15) is 90.3 Å². The van der Waals surface area contributed by atoms with E-state index in [4.69, 9.17) is 18.7 Å². The van der Waals surface area contributed by atoms with E-state index in [1.807, 2.05) is 0 Å². The van der Waals surface area contributed by atoms with Gasteiger partial charge < -0.3 is 0 Å². The summed E-state index contributed by atoms with van der Waals surface area (Å²) in [6, 6.07) is 4.16. The Morgan fingerprint density at radius 1 is 0.622 bits per heavy atom. The first-order chi connectivity index (χ1) is 21.5. The second-order valence-electron chi connectivity index (χ2n) is 11.7. The van der Waals surface area contributed by atoms with E-state index in [2.05, 4.69) is 53.7 Å². The number of fused-ring (bicyclic) bond motifs is 5. The average Bonchev–Trinajstić information content (AvgIpc) is 3.81. The molecule has 5 nitrogen and oxygen atoms in total. The van der Waals surface area contributed by atoms with Gasteiger partial charge in [0.25, 0.3) is 0 Å². The number of benzene rings is 2. The normalized spacial score (nSPS) is 12.8. The summed E-state index contributed by atoms with van der Waals surface area (Å²) in [4.78, 5) is 27.1. The number of aryl methyl sites for hydroxylation is 2. The van der Waals surface area contributed by atoms with Crippen molar-refractivity contribution in [3.8, 4) is 32.1 Å². The number of nitrogens with zero attached hydrogens (tertiary/aromatic N) is 4. The lowest BCUT2D eigenvalue weighted by Crippen LogP contribution is -2.06. The van der Waals surface area contributed by atoms with Crippen molar-refractivity contribution in [3.63, 3.8) is 0 Å². The van der Waals surface area contributed by atoms with Crippen LogP contribution < -0.4 is 0 Å². The van der Waals surface area contributed by atoms with Gasteiger partial charge in [0.2, 0.25) is 5.78 Å². The summed E-state index contributed by atoms with van der Waals surface area (Å²) < 4.78 is 68.6. The topological polar surface area (TPSA) is 68.6 Å². The van der Waals surface area contributed by atoms with Crippen molar-refractivity contribution in [1.82, 2.24) is 18.7 Å². The van der Waals surface area contributed by atoms with Crippen LogP contribution in [0.2, 0.25) is 0 Å². The zero-order chi connectivity index (χ0) is 32.1. The number of thiophene rings is 2. The molecule has 0 amide bonds. The first-order valence-corrected chi connectivity index (χ1v) is 17.0. The van der Waals surface area contributed by atoms with Crippen molar-refractivity contribution in [2.75, 3.05) is 0 Å². The quantitative estimate of drug-likeness (QED) is 0.100. The number of aromatic nitrogens is 4. The van der Waals surface area contributed by atoms with Crippen LogP contribution in [-0.2, 0) is 12.8 Å². The molecule has 6 aromatic rings. The Labute approximate surface area is 268 Å². The zero-order valence-corrected chi connectivity index (χ0v) is 27.6. The summed E-state index contributed by atoms with van der Waals surface area (Å²) in [6.45, 7) is 12.6. The van der Waals surface area contributed by atoms with Crippen LogP contribution in [0.3, 0.4) is 0 Å². The number of carbonyl (C=O) groups excluding carboxylic acids is 1. The molecule has 1 aliphatic carbocycles. The maximum absolute atomic E-state index is 15.3. The Morgan fingerprint density at radius 3 is 1.49 bits per heavy atom. The van der Waals surface area contributed by atoms with Gasteiger partial charge in [0, 0.05) is 30.6 Å². The predicted molar refractivity (Wildman–Crippen MR) is 173 cm³/mol. The number of rotatable bonds is 6. The Balaban J connectivity index is 1.66. The fraction of sp³-hybridized carbons (Fsp3) is 0.303. The Morgan fingerprint density at radius 2 is 1.07 bits per heavy atom. The van der Waals surface area contributed by atoms with E-state index >= 15 is 8.78 Å². The van der Waals surface area contributed by atoms with Crippen LogP contribution in [0, 0.1) is 23.3 Å². The lowest BCUT2D eigenvalue weighted by molar-refractivity contribution is 0.103. The molecule has 0 atom stereocenters. The van der Waals surface area contributed by atoms with Gasteiger partial charge in [-0.15, -0.1) is 22.7 Å². The van der Waals surface area contributed by atoms with E-state index in [9.17, 15) is 13.6 Å². The summed E-state index contributed by atoms with van der Waals surface area (Å²) in [7, 11) is 0. The maximum atomic E-state index is 15.3. The summed E-state index contributed by atoms with van der Waals surface area (Å²) in [5.41, 5.74) is 2.95. The van der Waals surface area contributed by atoms with Gasteiger partial charge in [0.05, 0.1) is 22.9 Å². The molecule has 45 heavy (non-hydrogen) atoms. The molecule has 12 heteroatoms. The van der Waals surface area contributed by atoms with Crippen molar-refractivity contribution < 1.29 is 22.4 Å². The van der Waals surface area contributed by atoms with E-state index in [1.165, 1.54) is 15.3 Å². The minimum Gasteiger partial charge on any atom is -0.287 e. The van der Waals surface area contributed by atoms with Crippen molar-refractivity contribution >= 4 is 62.3 Å². The van der Waals surface area contributed by atoms with Crippen LogP contribution >= 0.6 is 34.4 Å². The van der Waals surface area contributed by atoms with Gasteiger partial charge in [-0.3, -0.25) is 4.79 Å². The Bertz CT molecular complexity index is 2230. The smallest absolute Gasteiger partial charge is 0.217 e. The lowest BCUT2D eigenvalue weighted by atomic mass is 9.99. The summed E-state index contributed by atoms with van der Waals surface area (Å²) in [5, 5.41) is 0. The van der Waals surface area contributed by atoms with Crippen LogP contribution in [0.5, 0.6) is 0 Å².